The molecule has 0 saturated carbocycles. The van der Waals surface area contributed by atoms with Crippen molar-refractivity contribution < 1.29 is 9.59 Å². The molecular weight excluding hydrogens is 240 g/mol. The Morgan fingerprint density at radius 3 is 2.79 bits per heavy atom. The fraction of sp³-hybridized carbons (Fsp3) is 0.467. The van der Waals surface area contributed by atoms with Gasteiger partial charge in [-0.2, -0.15) is 0 Å². The Morgan fingerprint density at radius 1 is 1.37 bits per heavy atom. The average molecular weight is 260 g/mol. The number of benzene rings is 1. The lowest BCUT2D eigenvalue weighted by Gasteiger charge is -2.30. The summed E-state index contributed by atoms with van der Waals surface area (Å²) in [7, 11) is 1.78. The predicted octanol–water partition coefficient (Wildman–Crippen LogP) is 1.36. The first-order valence-electron chi connectivity index (χ1n) is 6.72. The van der Waals surface area contributed by atoms with Crippen LogP contribution in [0.25, 0.3) is 0 Å². The first-order chi connectivity index (χ1) is 9.15. The van der Waals surface area contributed by atoms with Crippen molar-refractivity contribution in [2.75, 3.05) is 13.6 Å². The predicted molar refractivity (Wildman–Crippen MR) is 73.6 cm³/mol. The number of likely N-dealkylation sites (tertiary alicyclic amines) is 1. The summed E-state index contributed by atoms with van der Waals surface area (Å²) in [5, 5.41) is 3.01. The molecular formula is C15H20N2O2. The van der Waals surface area contributed by atoms with Crippen LogP contribution in [-0.2, 0) is 16.0 Å². The van der Waals surface area contributed by atoms with Crippen LogP contribution in [0.5, 0.6) is 0 Å². The van der Waals surface area contributed by atoms with Gasteiger partial charge in [-0.05, 0) is 18.4 Å². The Morgan fingerprint density at radius 2 is 2.11 bits per heavy atom. The molecule has 1 fully saturated rings. The van der Waals surface area contributed by atoms with Crippen molar-refractivity contribution in [2.24, 2.45) is 0 Å². The molecule has 1 aliphatic rings. The molecule has 102 valence electrons. The number of nitrogens with one attached hydrogen (secondary N) is 1. The number of likely N-dealkylation sites (N-methyl/N-ethyl adjacent to an activating group) is 1. The van der Waals surface area contributed by atoms with Crippen molar-refractivity contribution >= 4 is 11.8 Å². The highest BCUT2D eigenvalue weighted by atomic mass is 16.2. The third kappa shape index (κ3) is 4.09. The van der Waals surface area contributed by atoms with Crippen LogP contribution >= 0.6 is 0 Å². The molecule has 0 radical (unpaired) electrons. The van der Waals surface area contributed by atoms with Gasteiger partial charge in [-0.3, -0.25) is 9.59 Å². The summed E-state index contributed by atoms with van der Waals surface area (Å²) in [6.07, 6.45) is 2.53. The smallest absolute Gasteiger partial charge is 0.222 e. The fourth-order valence-electron chi connectivity index (χ4n) is 2.33. The minimum atomic E-state index is 0.0663. The summed E-state index contributed by atoms with van der Waals surface area (Å²) in [5.41, 5.74) is 1.17. The average Bonchev–Trinajstić information content (AvgIpc) is 2.42. The van der Waals surface area contributed by atoms with E-state index in [0.717, 1.165) is 12.8 Å². The molecule has 0 spiro atoms. The van der Waals surface area contributed by atoms with Crippen LogP contribution in [0.15, 0.2) is 30.3 Å². The minimum absolute atomic E-state index is 0.0663. The van der Waals surface area contributed by atoms with E-state index in [4.69, 9.17) is 0 Å². The first-order valence-corrected chi connectivity index (χ1v) is 6.72. The molecule has 1 atom stereocenters. The molecule has 0 aliphatic carbocycles. The number of amides is 2. The first kappa shape index (κ1) is 13.6. The number of carbonyl (C=O) groups excluding carboxylic acids is 2. The van der Waals surface area contributed by atoms with Gasteiger partial charge in [0.2, 0.25) is 11.8 Å². The van der Waals surface area contributed by atoms with Crippen molar-refractivity contribution in [1.82, 2.24) is 10.2 Å². The second-order valence-electron chi connectivity index (χ2n) is 5.06. The zero-order valence-electron chi connectivity index (χ0n) is 11.3. The van der Waals surface area contributed by atoms with Crippen molar-refractivity contribution in [3.63, 3.8) is 0 Å². The maximum atomic E-state index is 11.9. The van der Waals surface area contributed by atoms with Gasteiger partial charge in [-0.15, -0.1) is 0 Å². The molecule has 1 aromatic rings. The van der Waals surface area contributed by atoms with Gasteiger partial charge in [0.15, 0.2) is 0 Å². The third-order valence-corrected chi connectivity index (χ3v) is 3.48. The van der Waals surface area contributed by atoms with E-state index in [9.17, 15) is 9.59 Å². The van der Waals surface area contributed by atoms with Crippen LogP contribution in [0.2, 0.25) is 0 Å². The second-order valence-corrected chi connectivity index (χ2v) is 5.06. The quantitative estimate of drug-likeness (QED) is 0.888. The van der Waals surface area contributed by atoms with Crippen molar-refractivity contribution in [3.8, 4) is 0 Å². The van der Waals surface area contributed by atoms with E-state index in [1.807, 2.05) is 30.3 Å². The lowest BCUT2D eigenvalue weighted by molar-refractivity contribution is -0.134. The van der Waals surface area contributed by atoms with E-state index in [1.54, 1.807) is 11.9 Å². The van der Waals surface area contributed by atoms with E-state index in [0.29, 0.717) is 19.4 Å². The minimum Gasteiger partial charge on any atom is -0.352 e. The highest BCUT2D eigenvalue weighted by Gasteiger charge is 2.23. The number of carbonyl (C=O) groups is 2. The van der Waals surface area contributed by atoms with E-state index in [1.165, 1.54) is 5.56 Å². The van der Waals surface area contributed by atoms with Crippen molar-refractivity contribution in [2.45, 2.75) is 31.7 Å². The van der Waals surface area contributed by atoms with Crippen LogP contribution in [0, 0.1) is 0 Å². The van der Waals surface area contributed by atoms with Gasteiger partial charge < -0.3 is 10.2 Å². The molecule has 4 nitrogen and oxygen atoms in total. The van der Waals surface area contributed by atoms with E-state index >= 15 is 0 Å². The summed E-state index contributed by atoms with van der Waals surface area (Å²) in [6, 6.07) is 10.1. The van der Waals surface area contributed by atoms with Gasteiger partial charge in [0.25, 0.3) is 0 Å². The highest BCUT2D eigenvalue weighted by Crippen LogP contribution is 2.10. The van der Waals surface area contributed by atoms with Gasteiger partial charge in [0.1, 0.15) is 0 Å². The third-order valence-electron chi connectivity index (χ3n) is 3.48. The Labute approximate surface area is 113 Å². The van der Waals surface area contributed by atoms with Gasteiger partial charge in [-0.1, -0.05) is 30.3 Å². The zero-order chi connectivity index (χ0) is 13.7. The lowest BCUT2D eigenvalue weighted by atomic mass is 10.0. The van der Waals surface area contributed by atoms with E-state index in [-0.39, 0.29) is 17.9 Å². The number of nitrogens with zero attached hydrogens (tertiary/aromatic N) is 1. The topological polar surface area (TPSA) is 49.4 Å². The monoisotopic (exact) mass is 260 g/mol. The molecule has 1 heterocycles. The standard InChI is InChI=1S/C15H20N2O2/c1-17-11-13(8-10-15(17)19)16-14(18)9-7-12-5-3-2-4-6-12/h2-6,13H,7-11H2,1H3,(H,16,18). The summed E-state index contributed by atoms with van der Waals surface area (Å²) in [5.74, 6) is 0.228. The normalized spacial score (nSPS) is 19.3. The zero-order valence-corrected chi connectivity index (χ0v) is 11.3. The van der Waals surface area contributed by atoms with Gasteiger partial charge in [0, 0.05) is 32.5 Å². The Hall–Kier alpha value is -1.84. The number of hydrogen-bond acceptors (Lipinski definition) is 2. The van der Waals surface area contributed by atoms with Crippen molar-refractivity contribution in [3.05, 3.63) is 35.9 Å². The molecule has 0 aromatic heterocycles. The Balaban J connectivity index is 1.74. The molecule has 4 heteroatoms. The molecule has 2 rings (SSSR count). The molecule has 19 heavy (non-hydrogen) atoms. The van der Waals surface area contributed by atoms with Crippen LogP contribution in [-0.4, -0.2) is 36.3 Å². The molecule has 0 bridgehead atoms. The molecule has 2 amide bonds. The lowest BCUT2D eigenvalue weighted by Crippen LogP contribution is -2.48. The SMILES string of the molecule is CN1CC(NC(=O)CCc2ccccc2)CCC1=O. The van der Waals surface area contributed by atoms with Gasteiger partial charge >= 0.3 is 0 Å². The van der Waals surface area contributed by atoms with Gasteiger partial charge in [-0.25, -0.2) is 0 Å². The number of rotatable bonds is 4. The molecule has 1 unspecified atom stereocenters. The molecule has 1 saturated heterocycles. The largest absolute Gasteiger partial charge is 0.352 e. The molecule has 1 aliphatic heterocycles. The maximum Gasteiger partial charge on any atom is 0.222 e. The molecule has 1 aromatic carbocycles. The van der Waals surface area contributed by atoms with Crippen LogP contribution in [0.4, 0.5) is 0 Å². The van der Waals surface area contributed by atoms with Crippen molar-refractivity contribution in [1.29, 1.82) is 0 Å². The Bertz CT molecular complexity index is 445. The number of piperidine rings is 1. The van der Waals surface area contributed by atoms with E-state index < -0.39 is 0 Å². The maximum absolute atomic E-state index is 11.9. The molecule has 1 N–H and O–H groups in total. The highest BCUT2D eigenvalue weighted by molar-refractivity contribution is 5.79. The summed E-state index contributed by atoms with van der Waals surface area (Å²) < 4.78 is 0. The fourth-order valence-corrected chi connectivity index (χ4v) is 2.33. The van der Waals surface area contributed by atoms with Crippen LogP contribution in [0.3, 0.4) is 0 Å². The van der Waals surface area contributed by atoms with Gasteiger partial charge in [0.05, 0.1) is 0 Å². The van der Waals surface area contributed by atoms with E-state index in [2.05, 4.69) is 5.32 Å². The Kier molecular flexibility index (Phi) is 4.55. The second kappa shape index (κ2) is 6.36. The van der Waals surface area contributed by atoms with Crippen LogP contribution < -0.4 is 5.32 Å². The summed E-state index contributed by atoms with van der Waals surface area (Å²) >= 11 is 0. The number of aryl methyl sites for hydroxylation is 1. The van der Waals surface area contributed by atoms with Crippen LogP contribution in [0.1, 0.15) is 24.8 Å². The summed E-state index contributed by atoms with van der Waals surface area (Å²) in [4.78, 5) is 24.9. The summed E-state index contributed by atoms with van der Waals surface area (Å²) in [6.45, 7) is 0.621. The number of hydrogen-bond donors (Lipinski definition) is 1.